The summed E-state index contributed by atoms with van der Waals surface area (Å²) < 4.78 is 0. The van der Waals surface area contributed by atoms with E-state index in [1.807, 2.05) is 0 Å². The third-order valence-electron chi connectivity index (χ3n) is 4.52. The number of likely N-dealkylation sites (tertiary alicyclic amines) is 1. The van der Waals surface area contributed by atoms with Crippen LogP contribution < -0.4 is 11.1 Å². The molecular weight excluding hydrogens is 242 g/mol. The van der Waals surface area contributed by atoms with Gasteiger partial charge in [0.1, 0.15) is 0 Å². The second-order valence-electron chi connectivity index (χ2n) is 5.97. The van der Waals surface area contributed by atoms with E-state index in [-0.39, 0.29) is 23.8 Å². The zero-order valence-electron chi connectivity index (χ0n) is 11.7. The number of hydrogen-bond donors (Lipinski definition) is 2. The van der Waals surface area contributed by atoms with E-state index < -0.39 is 0 Å². The highest BCUT2D eigenvalue weighted by Gasteiger charge is 2.29. The van der Waals surface area contributed by atoms with Gasteiger partial charge < -0.3 is 16.0 Å². The summed E-state index contributed by atoms with van der Waals surface area (Å²) in [6.07, 6.45) is 5.36. The van der Waals surface area contributed by atoms with Gasteiger partial charge in [-0.1, -0.05) is 0 Å². The molecule has 2 rings (SSSR count). The minimum absolute atomic E-state index is 0.127. The number of amides is 2. The number of piperidine rings is 1. The molecular formula is C14H25N3O2. The van der Waals surface area contributed by atoms with Crippen LogP contribution in [0.3, 0.4) is 0 Å². The summed E-state index contributed by atoms with van der Waals surface area (Å²) in [6.45, 7) is 1.38. The molecule has 0 spiro atoms. The summed E-state index contributed by atoms with van der Waals surface area (Å²) in [6, 6.07) is 0.127. The molecule has 2 fully saturated rings. The highest BCUT2D eigenvalue weighted by molar-refractivity contribution is 5.80. The van der Waals surface area contributed by atoms with Gasteiger partial charge in [-0.15, -0.1) is 0 Å². The minimum Gasteiger partial charge on any atom is -0.351 e. The van der Waals surface area contributed by atoms with Crippen LogP contribution in [0.1, 0.15) is 38.5 Å². The Kier molecular flexibility index (Phi) is 4.80. The van der Waals surface area contributed by atoms with Crippen molar-refractivity contribution in [2.75, 3.05) is 20.1 Å². The van der Waals surface area contributed by atoms with Crippen LogP contribution in [0.25, 0.3) is 0 Å². The van der Waals surface area contributed by atoms with Crippen LogP contribution in [0.5, 0.6) is 0 Å². The summed E-state index contributed by atoms with van der Waals surface area (Å²) in [4.78, 5) is 25.3. The Morgan fingerprint density at radius 1 is 1.32 bits per heavy atom. The first kappa shape index (κ1) is 14.3. The molecule has 1 unspecified atom stereocenters. The normalized spacial score (nSPS) is 32.2. The summed E-state index contributed by atoms with van der Waals surface area (Å²) in [5.74, 6) is 1.09. The van der Waals surface area contributed by atoms with Gasteiger partial charge >= 0.3 is 0 Å². The Bertz CT molecular complexity index is 338. The number of carbonyl (C=O) groups excluding carboxylic acids is 2. The molecule has 0 aromatic rings. The maximum absolute atomic E-state index is 12.2. The number of carbonyl (C=O) groups is 2. The first-order valence-electron chi connectivity index (χ1n) is 7.34. The van der Waals surface area contributed by atoms with Crippen LogP contribution in [0.2, 0.25) is 0 Å². The van der Waals surface area contributed by atoms with Gasteiger partial charge in [0.15, 0.2) is 0 Å². The predicted octanol–water partition coefficient (Wildman–Crippen LogP) is 0.489. The molecule has 5 nitrogen and oxygen atoms in total. The fourth-order valence-corrected chi connectivity index (χ4v) is 3.11. The zero-order chi connectivity index (χ0) is 13.8. The molecule has 0 bridgehead atoms. The number of likely N-dealkylation sites (N-methyl/N-ethyl adjacent to an activating group) is 1. The van der Waals surface area contributed by atoms with Gasteiger partial charge in [0.2, 0.25) is 11.8 Å². The van der Waals surface area contributed by atoms with Gasteiger partial charge in [-0.3, -0.25) is 9.59 Å². The molecule has 0 aromatic heterocycles. The maximum Gasteiger partial charge on any atom is 0.223 e. The lowest BCUT2D eigenvalue weighted by molar-refractivity contribution is -0.135. The van der Waals surface area contributed by atoms with Gasteiger partial charge in [-0.05, 0) is 44.6 Å². The van der Waals surface area contributed by atoms with Crippen LogP contribution in [0.15, 0.2) is 0 Å². The fraction of sp³-hybridized carbons (Fsp3) is 0.857. The molecule has 5 heteroatoms. The SMILES string of the molecule is CN1CC(NC(=O)C2CCC(CN)CC2)CCC1=O. The number of nitrogens with zero attached hydrogens (tertiary/aromatic N) is 1. The third-order valence-corrected chi connectivity index (χ3v) is 4.52. The first-order chi connectivity index (χ1) is 9.10. The summed E-state index contributed by atoms with van der Waals surface area (Å²) in [5.41, 5.74) is 5.66. The zero-order valence-corrected chi connectivity index (χ0v) is 11.7. The van der Waals surface area contributed by atoms with Crippen molar-refractivity contribution in [2.24, 2.45) is 17.6 Å². The van der Waals surface area contributed by atoms with E-state index in [1.165, 1.54) is 0 Å². The number of hydrogen-bond acceptors (Lipinski definition) is 3. The van der Waals surface area contributed by atoms with Crippen molar-refractivity contribution < 1.29 is 9.59 Å². The van der Waals surface area contributed by atoms with Crippen molar-refractivity contribution in [2.45, 2.75) is 44.6 Å². The molecule has 1 aliphatic carbocycles. The average molecular weight is 267 g/mol. The standard InChI is InChI=1S/C14H25N3O2/c1-17-9-12(6-7-13(17)18)16-14(19)11-4-2-10(8-15)3-5-11/h10-12H,2-9,15H2,1H3,(H,16,19). The molecule has 108 valence electrons. The van der Waals surface area contributed by atoms with Crippen molar-refractivity contribution in [3.8, 4) is 0 Å². The molecule has 19 heavy (non-hydrogen) atoms. The van der Waals surface area contributed by atoms with Crippen molar-refractivity contribution in [1.82, 2.24) is 10.2 Å². The lowest BCUT2D eigenvalue weighted by Gasteiger charge is -2.32. The lowest BCUT2D eigenvalue weighted by atomic mass is 9.81. The molecule has 1 aliphatic heterocycles. The Hall–Kier alpha value is -1.10. The van der Waals surface area contributed by atoms with Crippen molar-refractivity contribution >= 4 is 11.8 Å². The van der Waals surface area contributed by atoms with Crippen molar-refractivity contribution in [1.29, 1.82) is 0 Å². The summed E-state index contributed by atoms with van der Waals surface area (Å²) in [5, 5.41) is 3.11. The number of rotatable bonds is 3. The Labute approximate surface area is 114 Å². The van der Waals surface area contributed by atoms with Gasteiger partial charge in [-0.2, -0.15) is 0 Å². The number of nitrogens with one attached hydrogen (secondary N) is 1. The van der Waals surface area contributed by atoms with Gasteiger partial charge in [0.05, 0.1) is 0 Å². The Morgan fingerprint density at radius 3 is 2.58 bits per heavy atom. The topological polar surface area (TPSA) is 75.4 Å². The largest absolute Gasteiger partial charge is 0.351 e. The summed E-state index contributed by atoms with van der Waals surface area (Å²) >= 11 is 0. The molecule has 1 atom stereocenters. The fourth-order valence-electron chi connectivity index (χ4n) is 3.11. The molecule has 3 N–H and O–H groups in total. The van der Waals surface area contributed by atoms with Crippen molar-refractivity contribution in [3.05, 3.63) is 0 Å². The molecule has 0 aromatic carbocycles. The average Bonchev–Trinajstić information content (AvgIpc) is 2.43. The van der Waals surface area contributed by atoms with Crippen LogP contribution in [-0.2, 0) is 9.59 Å². The highest BCUT2D eigenvalue weighted by Crippen LogP contribution is 2.28. The van der Waals surface area contributed by atoms with E-state index in [9.17, 15) is 9.59 Å². The van der Waals surface area contributed by atoms with E-state index in [0.29, 0.717) is 18.9 Å². The minimum atomic E-state index is 0.127. The van der Waals surface area contributed by atoms with E-state index in [4.69, 9.17) is 5.73 Å². The smallest absolute Gasteiger partial charge is 0.223 e. The monoisotopic (exact) mass is 267 g/mol. The highest BCUT2D eigenvalue weighted by atomic mass is 16.2. The number of nitrogens with two attached hydrogens (primary N) is 1. The van der Waals surface area contributed by atoms with E-state index in [1.54, 1.807) is 11.9 Å². The quantitative estimate of drug-likeness (QED) is 0.781. The van der Waals surface area contributed by atoms with Crippen molar-refractivity contribution in [3.63, 3.8) is 0 Å². The van der Waals surface area contributed by atoms with E-state index >= 15 is 0 Å². The second kappa shape index (κ2) is 6.37. The summed E-state index contributed by atoms with van der Waals surface area (Å²) in [7, 11) is 1.80. The van der Waals surface area contributed by atoms with Gasteiger partial charge in [-0.25, -0.2) is 0 Å². The van der Waals surface area contributed by atoms with Crippen LogP contribution >= 0.6 is 0 Å². The first-order valence-corrected chi connectivity index (χ1v) is 7.34. The van der Waals surface area contributed by atoms with Crippen LogP contribution in [-0.4, -0.2) is 42.9 Å². The third kappa shape index (κ3) is 3.69. The van der Waals surface area contributed by atoms with Crippen LogP contribution in [0, 0.1) is 11.8 Å². The van der Waals surface area contributed by atoms with Crippen LogP contribution in [0.4, 0.5) is 0 Å². The van der Waals surface area contributed by atoms with Gasteiger partial charge in [0, 0.05) is 32.0 Å². The maximum atomic E-state index is 12.2. The second-order valence-corrected chi connectivity index (χ2v) is 5.97. The molecule has 1 saturated carbocycles. The molecule has 1 heterocycles. The molecule has 1 saturated heterocycles. The van der Waals surface area contributed by atoms with E-state index in [0.717, 1.165) is 38.6 Å². The molecule has 2 aliphatic rings. The Balaban J connectivity index is 1.77. The predicted molar refractivity (Wildman–Crippen MR) is 73.3 cm³/mol. The Morgan fingerprint density at radius 2 is 2.00 bits per heavy atom. The molecule has 2 amide bonds. The lowest BCUT2D eigenvalue weighted by Crippen LogP contribution is -2.50. The van der Waals surface area contributed by atoms with E-state index in [2.05, 4.69) is 5.32 Å². The molecule has 0 radical (unpaired) electrons. The van der Waals surface area contributed by atoms with Gasteiger partial charge in [0.25, 0.3) is 0 Å².